The molecular weight excluding hydrogens is 258 g/mol. The highest BCUT2D eigenvalue weighted by molar-refractivity contribution is 5.44. The van der Waals surface area contributed by atoms with Crippen LogP contribution in [0.1, 0.15) is 68.2 Å². The Hall–Kier alpha value is -1.02. The highest BCUT2D eigenvalue weighted by Crippen LogP contribution is 2.34. The van der Waals surface area contributed by atoms with Crippen LogP contribution in [0.4, 0.5) is 0 Å². The standard InChI is InChI=1S/C19H31NO/c1-5-20-18(13-16-9-7-6-8-10-16)17-11-14(2)19(21-4)15(3)12-17/h11-12,16,18,20H,5-10,13H2,1-4H3. The second-order valence-electron chi connectivity index (χ2n) is 6.54. The first-order chi connectivity index (χ1) is 10.2. The van der Waals surface area contributed by atoms with Gasteiger partial charge in [0.25, 0.3) is 0 Å². The average molecular weight is 289 g/mol. The van der Waals surface area contributed by atoms with Crippen LogP contribution in [-0.2, 0) is 0 Å². The highest BCUT2D eigenvalue weighted by Gasteiger charge is 2.20. The molecule has 1 saturated carbocycles. The van der Waals surface area contributed by atoms with E-state index in [-0.39, 0.29) is 0 Å². The Balaban J connectivity index is 2.16. The summed E-state index contributed by atoms with van der Waals surface area (Å²) in [7, 11) is 1.76. The number of methoxy groups -OCH3 is 1. The molecule has 2 nitrogen and oxygen atoms in total. The van der Waals surface area contributed by atoms with Crippen molar-refractivity contribution in [3.05, 3.63) is 28.8 Å². The number of aryl methyl sites for hydroxylation is 2. The second-order valence-corrected chi connectivity index (χ2v) is 6.54. The van der Waals surface area contributed by atoms with E-state index in [0.717, 1.165) is 18.2 Å². The molecule has 1 atom stereocenters. The molecule has 0 heterocycles. The van der Waals surface area contributed by atoms with Crippen LogP contribution in [0.15, 0.2) is 12.1 Å². The summed E-state index contributed by atoms with van der Waals surface area (Å²) in [5.74, 6) is 1.93. The van der Waals surface area contributed by atoms with E-state index < -0.39 is 0 Å². The van der Waals surface area contributed by atoms with Crippen molar-refractivity contribution < 1.29 is 4.74 Å². The molecule has 2 heteroatoms. The van der Waals surface area contributed by atoms with Crippen LogP contribution in [0, 0.1) is 19.8 Å². The summed E-state index contributed by atoms with van der Waals surface area (Å²) >= 11 is 0. The van der Waals surface area contributed by atoms with Gasteiger partial charge in [-0.1, -0.05) is 51.2 Å². The number of hydrogen-bond donors (Lipinski definition) is 1. The van der Waals surface area contributed by atoms with E-state index in [1.165, 1.54) is 55.2 Å². The molecule has 0 saturated heterocycles. The largest absolute Gasteiger partial charge is 0.496 e. The zero-order chi connectivity index (χ0) is 15.2. The fraction of sp³-hybridized carbons (Fsp3) is 0.684. The summed E-state index contributed by atoms with van der Waals surface area (Å²) in [5, 5.41) is 3.70. The van der Waals surface area contributed by atoms with Gasteiger partial charge in [0.05, 0.1) is 7.11 Å². The Morgan fingerprint density at radius 2 is 1.76 bits per heavy atom. The Bertz CT molecular complexity index is 426. The number of hydrogen-bond acceptors (Lipinski definition) is 2. The third-order valence-electron chi connectivity index (χ3n) is 4.83. The minimum absolute atomic E-state index is 0.487. The quantitative estimate of drug-likeness (QED) is 0.801. The summed E-state index contributed by atoms with van der Waals surface area (Å²) in [6.45, 7) is 7.54. The number of ether oxygens (including phenoxy) is 1. The Morgan fingerprint density at radius 3 is 2.29 bits per heavy atom. The van der Waals surface area contributed by atoms with E-state index >= 15 is 0 Å². The van der Waals surface area contributed by atoms with Crippen LogP contribution in [0.5, 0.6) is 5.75 Å². The van der Waals surface area contributed by atoms with E-state index in [0.29, 0.717) is 6.04 Å². The summed E-state index contributed by atoms with van der Waals surface area (Å²) in [6.07, 6.45) is 8.38. The molecule has 118 valence electrons. The monoisotopic (exact) mass is 289 g/mol. The number of rotatable bonds is 6. The second kappa shape index (κ2) is 7.84. The van der Waals surface area contributed by atoms with Crippen LogP contribution in [0.25, 0.3) is 0 Å². The van der Waals surface area contributed by atoms with Gasteiger partial charge in [0, 0.05) is 6.04 Å². The topological polar surface area (TPSA) is 21.3 Å². The summed E-state index contributed by atoms with van der Waals surface area (Å²) in [5.41, 5.74) is 3.93. The predicted octanol–water partition coefficient (Wildman–Crippen LogP) is 4.93. The minimum Gasteiger partial charge on any atom is -0.496 e. The van der Waals surface area contributed by atoms with Crippen molar-refractivity contribution in [2.45, 2.75) is 65.3 Å². The van der Waals surface area contributed by atoms with Gasteiger partial charge in [0.15, 0.2) is 0 Å². The first-order valence-corrected chi connectivity index (χ1v) is 8.54. The molecule has 1 aromatic rings. The lowest BCUT2D eigenvalue weighted by atomic mass is 9.83. The van der Waals surface area contributed by atoms with Crippen molar-refractivity contribution in [1.29, 1.82) is 0 Å². The van der Waals surface area contributed by atoms with Gasteiger partial charge in [-0.3, -0.25) is 0 Å². The molecule has 0 spiro atoms. The van der Waals surface area contributed by atoms with Crippen LogP contribution in [0.2, 0.25) is 0 Å². The van der Waals surface area contributed by atoms with Crippen molar-refractivity contribution in [1.82, 2.24) is 5.32 Å². The van der Waals surface area contributed by atoms with Crippen molar-refractivity contribution in [3.63, 3.8) is 0 Å². The van der Waals surface area contributed by atoms with Crippen molar-refractivity contribution in [3.8, 4) is 5.75 Å². The van der Waals surface area contributed by atoms with Gasteiger partial charge >= 0.3 is 0 Å². The number of nitrogens with one attached hydrogen (secondary N) is 1. The molecule has 1 aliphatic carbocycles. The maximum atomic E-state index is 5.50. The molecule has 1 aromatic carbocycles. The van der Waals surface area contributed by atoms with Gasteiger partial charge in [0.1, 0.15) is 5.75 Å². The molecule has 2 rings (SSSR count). The van der Waals surface area contributed by atoms with Crippen molar-refractivity contribution in [2.24, 2.45) is 5.92 Å². The third kappa shape index (κ3) is 4.23. The lowest BCUT2D eigenvalue weighted by Gasteiger charge is -2.28. The Labute approximate surface area is 130 Å². The molecule has 0 amide bonds. The van der Waals surface area contributed by atoms with E-state index in [1.807, 2.05) is 0 Å². The number of benzene rings is 1. The molecule has 1 fully saturated rings. The molecule has 0 aliphatic heterocycles. The Kier molecular flexibility index (Phi) is 6.10. The van der Waals surface area contributed by atoms with Crippen LogP contribution in [-0.4, -0.2) is 13.7 Å². The lowest BCUT2D eigenvalue weighted by molar-refractivity contribution is 0.301. The highest BCUT2D eigenvalue weighted by atomic mass is 16.5. The molecule has 1 N–H and O–H groups in total. The van der Waals surface area contributed by atoms with Gasteiger partial charge in [-0.15, -0.1) is 0 Å². The molecule has 1 unspecified atom stereocenters. The van der Waals surface area contributed by atoms with E-state index in [4.69, 9.17) is 4.74 Å². The summed E-state index contributed by atoms with van der Waals surface area (Å²) < 4.78 is 5.50. The first-order valence-electron chi connectivity index (χ1n) is 8.54. The predicted molar refractivity (Wildman–Crippen MR) is 90.1 cm³/mol. The van der Waals surface area contributed by atoms with Gasteiger partial charge in [0.2, 0.25) is 0 Å². The molecular formula is C19H31NO. The minimum atomic E-state index is 0.487. The maximum Gasteiger partial charge on any atom is 0.124 e. The van der Waals surface area contributed by atoms with E-state index in [2.05, 4.69) is 38.2 Å². The first kappa shape index (κ1) is 16.4. The van der Waals surface area contributed by atoms with Gasteiger partial charge in [-0.25, -0.2) is 0 Å². The van der Waals surface area contributed by atoms with Crippen molar-refractivity contribution >= 4 is 0 Å². The SMILES string of the molecule is CCNC(CC1CCCCC1)c1cc(C)c(OC)c(C)c1. The van der Waals surface area contributed by atoms with E-state index in [1.54, 1.807) is 7.11 Å². The van der Waals surface area contributed by atoms with Gasteiger partial charge in [-0.2, -0.15) is 0 Å². The van der Waals surface area contributed by atoms with Crippen molar-refractivity contribution in [2.75, 3.05) is 13.7 Å². The molecule has 0 aromatic heterocycles. The summed E-state index contributed by atoms with van der Waals surface area (Å²) in [4.78, 5) is 0. The summed E-state index contributed by atoms with van der Waals surface area (Å²) in [6, 6.07) is 5.10. The zero-order valence-electron chi connectivity index (χ0n) is 14.2. The van der Waals surface area contributed by atoms with Gasteiger partial charge in [-0.05, 0) is 49.4 Å². The lowest BCUT2D eigenvalue weighted by Crippen LogP contribution is -2.24. The molecule has 0 bridgehead atoms. The van der Waals surface area contributed by atoms with E-state index in [9.17, 15) is 0 Å². The normalized spacial score (nSPS) is 17.7. The van der Waals surface area contributed by atoms with Crippen LogP contribution in [0.3, 0.4) is 0 Å². The average Bonchev–Trinajstić information content (AvgIpc) is 2.47. The molecule has 1 aliphatic rings. The fourth-order valence-electron chi connectivity index (χ4n) is 3.85. The zero-order valence-corrected chi connectivity index (χ0v) is 14.2. The smallest absolute Gasteiger partial charge is 0.124 e. The van der Waals surface area contributed by atoms with Crippen LogP contribution >= 0.6 is 0 Å². The van der Waals surface area contributed by atoms with Gasteiger partial charge < -0.3 is 10.1 Å². The Morgan fingerprint density at radius 1 is 1.14 bits per heavy atom. The fourth-order valence-corrected chi connectivity index (χ4v) is 3.85. The molecule has 0 radical (unpaired) electrons. The van der Waals surface area contributed by atoms with Crippen LogP contribution < -0.4 is 10.1 Å². The molecule has 21 heavy (non-hydrogen) atoms. The maximum absolute atomic E-state index is 5.50. The third-order valence-corrected chi connectivity index (χ3v) is 4.83.